The van der Waals surface area contributed by atoms with Gasteiger partial charge in [0.15, 0.2) is 11.6 Å². The van der Waals surface area contributed by atoms with Crippen LogP contribution in [-0.4, -0.2) is 23.5 Å². The number of amides is 1. The fraction of sp³-hybridized carbons (Fsp3) is 0.357. The van der Waals surface area contributed by atoms with E-state index in [0.29, 0.717) is 11.3 Å². The van der Waals surface area contributed by atoms with Crippen LogP contribution in [0, 0.1) is 0 Å². The highest BCUT2D eigenvalue weighted by Gasteiger charge is 2.21. The number of carbonyl (C=O) groups excluding carboxylic acids is 3. The molecule has 102 valence electrons. The van der Waals surface area contributed by atoms with E-state index in [1.54, 1.807) is 31.2 Å². The van der Waals surface area contributed by atoms with Gasteiger partial charge in [-0.25, -0.2) is 0 Å². The Kier molecular flexibility index (Phi) is 5.23. The van der Waals surface area contributed by atoms with Crippen LogP contribution in [0.3, 0.4) is 0 Å². The second-order valence-corrected chi connectivity index (χ2v) is 4.30. The summed E-state index contributed by atoms with van der Waals surface area (Å²) in [4.78, 5) is 34.8. The Labute approximate surface area is 112 Å². The Balaban J connectivity index is 2.80. The molecule has 0 saturated heterocycles. The molecule has 1 aromatic rings. The monoisotopic (exact) mass is 262 g/mol. The van der Waals surface area contributed by atoms with E-state index in [1.807, 2.05) is 0 Å². The van der Waals surface area contributed by atoms with E-state index in [0.717, 1.165) is 0 Å². The first-order chi connectivity index (χ1) is 8.95. The van der Waals surface area contributed by atoms with Gasteiger partial charge < -0.3 is 11.1 Å². The average Bonchev–Trinajstić information content (AvgIpc) is 2.37. The molecule has 0 bridgehead atoms. The topological polar surface area (TPSA) is 89.3 Å². The van der Waals surface area contributed by atoms with Crippen molar-refractivity contribution in [1.82, 2.24) is 5.32 Å². The number of anilines is 1. The van der Waals surface area contributed by atoms with Gasteiger partial charge in [-0.3, -0.25) is 14.4 Å². The first kappa shape index (κ1) is 14.9. The number of rotatable bonds is 6. The van der Waals surface area contributed by atoms with Gasteiger partial charge in [0.1, 0.15) is 0 Å². The normalized spacial score (nSPS) is 11.7. The Morgan fingerprint density at radius 1 is 1.26 bits per heavy atom. The molecule has 0 aliphatic rings. The Morgan fingerprint density at radius 2 is 1.89 bits per heavy atom. The zero-order valence-electron chi connectivity index (χ0n) is 11.1. The zero-order valence-corrected chi connectivity index (χ0v) is 11.1. The molecule has 1 rings (SSSR count). The summed E-state index contributed by atoms with van der Waals surface area (Å²) in [5.41, 5.74) is 6.45. The number of Topliss-reactive ketones (excluding diaryl/α,β-unsaturated/α-hetero) is 2. The van der Waals surface area contributed by atoms with Crippen molar-refractivity contribution in [1.29, 1.82) is 0 Å². The van der Waals surface area contributed by atoms with Gasteiger partial charge in [-0.05, 0) is 19.1 Å². The van der Waals surface area contributed by atoms with Crippen LogP contribution in [0.1, 0.15) is 37.0 Å². The van der Waals surface area contributed by atoms with Crippen molar-refractivity contribution in [3.63, 3.8) is 0 Å². The summed E-state index contributed by atoms with van der Waals surface area (Å²) < 4.78 is 0. The van der Waals surface area contributed by atoms with Crippen molar-refractivity contribution in [3.05, 3.63) is 29.8 Å². The maximum Gasteiger partial charge on any atom is 0.220 e. The van der Waals surface area contributed by atoms with Gasteiger partial charge in [0, 0.05) is 24.1 Å². The highest BCUT2D eigenvalue weighted by Crippen LogP contribution is 2.14. The van der Waals surface area contributed by atoms with Crippen molar-refractivity contribution in [2.45, 2.75) is 32.7 Å². The third-order valence-electron chi connectivity index (χ3n) is 2.80. The minimum absolute atomic E-state index is 0.0741. The van der Waals surface area contributed by atoms with Gasteiger partial charge in [-0.15, -0.1) is 0 Å². The Hall–Kier alpha value is -2.17. The van der Waals surface area contributed by atoms with Crippen LogP contribution in [0.2, 0.25) is 0 Å². The van der Waals surface area contributed by atoms with E-state index < -0.39 is 6.04 Å². The lowest BCUT2D eigenvalue weighted by Gasteiger charge is -2.15. The first-order valence-corrected chi connectivity index (χ1v) is 6.13. The predicted octanol–water partition coefficient (Wildman–Crippen LogP) is 1.33. The van der Waals surface area contributed by atoms with Crippen molar-refractivity contribution in [2.75, 3.05) is 5.73 Å². The lowest BCUT2D eigenvalue weighted by atomic mass is 10.00. The molecule has 1 amide bonds. The molecule has 0 heterocycles. The van der Waals surface area contributed by atoms with E-state index in [-0.39, 0.29) is 30.3 Å². The lowest BCUT2D eigenvalue weighted by Crippen LogP contribution is -2.41. The predicted molar refractivity (Wildman–Crippen MR) is 72.7 cm³/mol. The molecule has 0 saturated carbocycles. The number of carbonyl (C=O) groups is 3. The minimum atomic E-state index is -0.792. The molecule has 5 heteroatoms. The van der Waals surface area contributed by atoms with Gasteiger partial charge in [-0.1, -0.05) is 19.1 Å². The van der Waals surface area contributed by atoms with Crippen molar-refractivity contribution >= 4 is 23.2 Å². The van der Waals surface area contributed by atoms with Gasteiger partial charge in [-0.2, -0.15) is 0 Å². The summed E-state index contributed by atoms with van der Waals surface area (Å²) in [6.45, 7) is 3.03. The summed E-state index contributed by atoms with van der Waals surface area (Å²) in [6, 6.07) is 5.88. The van der Waals surface area contributed by atoms with Gasteiger partial charge in [0.2, 0.25) is 5.91 Å². The van der Waals surface area contributed by atoms with Crippen LogP contribution in [0.4, 0.5) is 5.69 Å². The van der Waals surface area contributed by atoms with Crippen molar-refractivity contribution in [3.8, 4) is 0 Å². The molecule has 1 unspecified atom stereocenters. The van der Waals surface area contributed by atoms with E-state index in [1.165, 1.54) is 6.92 Å². The molecular weight excluding hydrogens is 244 g/mol. The van der Waals surface area contributed by atoms with Crippen LogP contribution < -0.4 is 11.1 Å². The smallest absolute Gasteiger partial charge is 0.220 e. The molecular formula is C14H18N2O3. The van der Waals surface area contributed by atoms with Gasteiger partial charge >= 0.3 is 0 Å². The van der Waals surface area contributed by atoms with Crippen LogP contribution in [0.25, 0.3) is 0 Å². The number of para-hydroxylation sites is 1. The SMILES string of the molecule is CCC(=O)NC(CC(=O)c1ccccc1N)C(C)=O. The molecule has 0 spiro atoms. The summed E-state index contributed by atoms with van der Waals surface area (Å²) in [6.07, 6.45) is 0.195. The number of hydrogen-bond donors (Lipinski definition) is 2. The fourth-order valence-corrected chi connectivity index (χ4v) is 1.64. The fourth-order valence-electron chi connectivity index (χ4n) is 1.64. The second-order valence-electron chi connectivity index (χ2n) is 4.30. The van der Waals surface area contributed by atoms with Crippen LogP contribution in [0.5, 0.6) is 0 Å². The number of nitrogens with two attached hydrogens (primary N) is 1. The third-order valence-corrected chi connectivity index (χ3v) is 2.80. The molecule has 1 aromatic carbocycles. The number of nitrogen functional groups attached to an aromatic ring is 1. The molecule has 0 aliphatic carbocycles. The molecule has 1 atom stereocenters. The van der Waals surface area contributed by atoms with E-state index in [2.05, 4.69) is 5.32 Å². The maximum absolute atomic E-state index is 12.1. The second kappa shape index (κ2) is 6.68. The highest BCUT2D eigenvalue weighted by molar-refractivity contribution is 6.03. The third kappa shape index (κ3) is 4.21. The van der Waals surface area contributed by atoms with Crippen LogP contribution in [-0.2, 0) is 9.59 Å². The summed E-state index contributed by atoms with van der Waals surface area (Å²) in [7, 11) is 0. The summed E-state index contributed by atoms with van der Waals surface area (Å²) in [5.74, 6) is -0.756. The van der Waals surface area contributed by atoms with Crippen molar-refractivity contribution in [2.24, 2.45) is 0 Å². The standard InChI is InChI=1S/C14H18N2O3/c1-3-14(19)16-12(9(2)17)8-13(18)10-6-4-5-7-11(10)15/h4-7,12H,3,8,15H2,1-2H3,(H,16,19). The van der Waals surface area contributed by atoms with Crippen LogP contribution >= 0.6 is 0 Å². The first-order valence-electron chi connectivity index (χ1n) is 6.13. The highest BCUT2D eigenvalue weighted by atomic mass is 16.2. The van der Waals surface area contributed by atoms with Crippen LogP contribution in [0.15, 0.2) is 24.3 Å². The quantitative estimate of drug-likeness (QED) is 0.597. The summed E-state index contributed by atoms with van der Waals surface area (Å²) >= 11 is 0. The lowest BCUT2D eigenvalue weighted by molar-refractivity contribution is -0.126. The van der Waals surface area contributed by atoms with Gasteiger partial charge in [0.25, 0.3) is 0 Å². The molecule has 0 fully saturated rings. The minimum Gasteiger partial charge on any atom is -0.398 e. The number of nitrogens with one attached hydrogen (secondary N) is 1. The molecule has 3 N–H and O–H groups in total. The largest absolute Gasteiger partial charge is 0.398 e. The molecule has 0 aromatic heterocycles. The van der Waals surface area contributed by atoms with E-state index in [4.69, 9.17) is 5.73 Å². The van der Waals surface area contributed by atoms with E-state index >= 15 is 0 Å². The number of ketones is 2. The molecule has 19 heavy (non-hydrogen) atoms. The number of hydrogen-bond acceptors (Lipinski definition) is 4. The molecule has 0 aliphatic heterocycles. The van der Waals surface area contributed by atoms with Gasteiger partial charge in [0.05, 0.1) is 6.04 Å². The maximum atomic E-state index is 12.1. The zero-order chi connectivity index (χ0) is 14.4. The Morgan fingerprint density at radius 3 is 2.42 bits per heavy atom. The Bertz CT molecular complexity index is 497. The van der Waals surface area contributed by atoms with Crippen molar-refractivity contribution < 1.29 is 14.4 Å². The molecule has 0 radical (unpaired) electrons. The van der Waals surface area contributed by atoms with E-state index in [9.17, 15) is 14.4 Å². The molecule has 5 nitrogen and oxygen atoms in total. The average molecular weight is 262 g/mol. The number of benzene rings is 1. The summed E-state index contributed by atoms with van der Waals surface area (Å²) in [5, 5.41) is 2.54.